The molecule has 16 heavy (non-hydrogen) atoms. The Labute approximate surface area is 108 Å². The van der Waals surface area contributed by atoms with Gasteiger partial charge in [0.15, 0.2) is 0 Å². The summed E-state index contributed by atoms with van der Waals surface area (Å²) in [6, 6.07) is 0. The van der Waals surface area contributed by atoms with Gasteiger partial charge in [-0.05, 0) is 6.54 Å². The number of nitrogens with one attached hydrogen (secondary N) is 1. The first kappa shape index (κ1) is 14.5. The number of likely N-dealkylation sites (N-methyl/N-ethyl adjacent to an activating group) is 1. The van der Waals surface area contributed by atoms with Gasteiger partial charge in [-0.25, -0.2) is 0 Å². The zero-order valence-electron chi connectivity index (χ0n) is 9.27. The van der Waals surface area contributed by atoms with E-state index in [2.05, 4.69) is 5.32 Å². The highest BCUT2D eigenvalue weighted by molar-refractivity contribution is 6.60. The number of hydrogen-bond acceptors (Lipinski definition) is 2. The van der Waals surface area contributed by atoms with Gasteiger partial charge in [0.2, 0.25) is 0 Å². The van der Waals surface area contributed by atoms with Crippen LogP contribution in [0.2, 0.25) is 0 Å². The second-order valence-electron chi connectivity index (χ2n) is 4.26. The Bertz CT molecular complexity index is 262. The third-order valence-corrected chi connectivity index (χ3v) is 2.95. The predicted octanol–water partition coefficient (Wildman–Crippen LogP) is -4.13. The van der Waals surface area contributed by atoms with Crippen LogP contribution in [0.3, 0.4) is 0 Å². The topological polar surface area (TPSA) is 15.3 Å². The fraction of sp³-hybridized carbons (Fsp3) is 1.00. The van der Waals surface area contributed by atoms with E-state index < -0.39 is 21.4 Å². The Kier molecular flexibility index (Phi) is 3.37. The Morgan fingerprint density at radius 1 is 0.812 bits per heavy atom. The number of nitrogens with zero attached hydrogens (tertiary/aromatic N) is 1. The molecule has 0 spiro atoms. The Morgan fingerprint density at radius 3 is 1.38 bits per heavy atom. The lowest BCUT2D eigenvalue weighted by molar-refractivity contribution is 0.0918. The highest BCUT2D eigenvalue weighted by Crippen LogP contribution is 2.34. The molecule has 1 fully saturated rings. The van der Waals surface area contributed by atoms with Crippen molar-refractivity contribution in [2.45, 2.75) is 28.3 Å². The maximum atomic E-state index is 5.83. The molecule has 64 valence electrons. The average Bonchev–Trinajstić information content (AvgIpc) is 1.99. The molecule has 0 aromatic rings. The highest BCUT2D eigenvalue weighted by atomic mass is 15.3. The highest BCUT2D eigenvalue weighted by Gasteiger charge is 2.54. The fourth-order valence-corrected chi connectivity index (χ4v) is 1.82. The van der Waals surface area contributed by atoms with Crippen molar-refractivity contribution in [1.82, 2.24) is 10.2 Å². The van der Waals surface area contributed by atoms with Gasteiger partial charge < -0.3 is 10.2 Å². The van der Waals surface area contributed by atoms with Crippen LogP contribution in [0.1, 0.15) is 6.92 Å². The summed E-state index contributed by atoms with van der Waals surface area (Å²) in [6.45, 7) is 1.99. The summed E-state index contributed by atoms with van der Waals surface area (Å²) < 4.78 is 0. The predicted molar refractivity (Wildman–Crippen MR) is 72.5 cm³/mol. The Balaban J connectivity index is 3.29. The first-order valence-corrected chi connectivity index (χ1v) is 4.78. The normalized spacial score (nSPS) is 30.8. The van der Waals surface area contributed by atoms with Crippen LogP contribution in [0, 0.1) is 0 Å². The smallest absolute Gasteiger partial charge is 0.0827 e. The van der Waals surface area contributed by atoms with Gasteiger partial charge >= 0.3 is 0 Å². The van der Waals surface area contributed by atoms with E-state index >= 15 is 0 Å². The molecule has 1 aliphatic rings. The molecule has 2 nitrogen and oxygen atoms in total. The van der Waals surface area contributed by atoms with Gasteiger partial charge in [-0.3, -0.25) is 0 Å². The summed E-state index contributed by atoms with van der Waals surface area (Å²) in [5, 5.41) is -4.44. The summed E-state index contributed by atoms with van der Waals surface area (Å²) in [7, 11) is 46.2. The van der Waals surface area contributed by atoms with Crippen molar-refractivity contribution < 1.29 is 0 Å². The van der Waals surface area contributed by atoms with Crippen LogP contribution >= 0.6 is 0 Å². The quantitative estimate of drug-likeness (QED) is 0.425. The van der Waals surface area contributed by atoms with Gasteiger partial charge in [0, 0.05) is 0 Å². The average molecular weight is 193 g/mol. The lowest BCUT2D eigenvalue weighted by Crippen LogP contribution is -2.91. The molecule has 0 bridgehead atoms. The summed E-state index contributed by atoms with van der Waals surface area (Å²) in [4.78, 5) is 1.25. The van der Waals surface area contributed by atoms with Gasteiger partial charge in [0.05, 0.1) is 62.8 Å². The minimum absolute atomic E-state index is 0.272. The van der Waals surface area contributed by atoms with Crippen molar-refractivity contribution in [2.75, 3.05) is 6.54 Å². The van der Waals surface area contributed by atoms with Crippen molar-refractivity contribution in [2.24, 2.45) is 0 Å². The van der Waals surface area contributed by atoms with E-state index in [1.165, 1.54) is 4.90 Å². The van der Waals surface area contributed by atoms with Crippen LogP contribution in [0.4, 0.5) is 0 Å². The van der Waals surface area contributed by atoms with Crippen molar-refractivity contribution in [3.8, 4) is 0 Å². The number of hydrogen-bond donors (Lipinski definition) is 1. The molecule has 0 saturated carbocycles. The van der Waals surface area contributed by atoms with Crippen LogP contribution in [0.5, 0.6) is 0 Å². The third kappa shape index (κ3) is 1.77. The van der Waals surface area contributed by atoms with Crippen molar-refractivity contribution in [3.05, 3.63) is 0 Å². The monoisotopic (exact) mass is 194 g/mol. The first-order chi connectivity index (χ1) is 6.90. The Morgan fingerprint density at radius 2 is 1.12 bits per heavy atom. The summed E-state index contributed by atoms with van der Waals surface area (Å²) in [5.74, 6) is 0. The van der Waals surface area contributed by atoms with Crippen LogP contribution in [-0.2, 0) is 0 Å². The minimum atomic E-state index is -1.74. The molecule has 0 atom stereocenters. The molecule has 1 aliphatic heterocycles. The first-order valence-electron chi connectivity index (χ1n) is 4.78. The lowest BCUT2D eigenvalue weighted by Gasteiger charge is -2.71. The van der Waals surface area contributed by atoms with Crippen LogP contribution < -0.4 is 5.32 Å². The van der Waals surface area contributed by atoms with E-state index in [1.807, 2.05) is 0 Å². The Hall–Kier alpha value is 0.439. The number of piperazine rings is 1. The van der Waals surface area contributed by atoms with Crippen molar-refractivity contribution in [1.29, 1.82) is 0 Å². The molecule has 1 saturated heterocycles. The third-order valence-electron chi connectivity index (χ3n) is 2.95. The molecular weight excluding hydrogens is 187 g/mol. The maximum Gasteiger partial charge on any atom is 0.0827 e. The molecule has 0 aliphatic carbocycles. The standard InChI is InChI=1S/C6H6B8N2/c1-2-16-5(11,12)3(7,8)15-4(9,10)6(16,13)14/h15H,2H2,1H3. The molecule has 1 rings (SSSR count). The zero-order chi connectivity index (χ0) is 13.0. The second kappa shape index (κ2) is 3.71. The maximum absolute atomic E-state index is 5.83. The number of rotatable bonds is 1. The minimum Gasteiger partial charge on any atom is -0.339 e. The van der Waals surface area contributed by atoms with E-state index in [-0.39, 0.29) is 6.54 Å². The van der Waals surface area contributed by atoms with E-state index in [0.29, 0.717) is 0 Å². The molecule has 1 heterocycles. The van der Waals surface area contributed by atoms with Crippen LogP contribution in [0.25, 0.3) is 0 Å². The van der Waals surface area contributed by atoms with Gasteiger partial charge in [0.1, 0.15) is 0 Å². The zero-order valence-corrected chi connectivity index (χ0v) is 9.27. The largest absolute Gasteiger partial charge is 0.339 e. The summed E-state index contributed by atoms with van der Waals surface area (Å²) in [5.41, 5.74) is 0. The molecule has 0 unspecified atom stereocenters. The van der Waals surface area contributed by atoms with Gasteiger partial charge in [-0.1, -0.05) is 28.3 Å². The summed E-state index contributed by atoms with van der Waals surface area (Å²) in [6.07, 6.45) is 0. The van der Waals surface area contributed by atoms with E-state index in [0.717, 1.165) is 0 Å². The van der Waals surface area contributed by atoms with Gasteiger partial charge in [-0.2, -0.15) is 0 Å². The van der Waals surface area contributed by atoms with Gasteiger partial charge in [-0.15, -0.1) is 0 Å². The summed E-state index contributed by atoms with van der Waals surface area (Å²) >= 11 is 0. The van der Waals surface area contributed by atoms with Crippen LogP contribution in [-0.4, -0.2) is 95.6 Å². The molecule has 1 N–H and O–H groups in total. The van der Waals surface area contributed by atoms with E-state index in [1.54, 1.807) is 6.92 Å². The molecular formula is C6H6B8N2. The molecule has 16 radical (unpaired) electrons. The second-order valence-corrected chi connectivity index (χ2v) is 4.26. The van der Waals surface area contributed by atoms with Gasteiger partial charge in [0.25, 0.3) is 0 Å². The van der Waals surface area contributed by atoms with E-state index in [4.69, 9.17) is 62.8 Å². The molecule has 0 amide bonds. The molecule has 10 heteroatoms. The van der Waals surface area contributed by atoms with Crippen molar-refractivity contribution in [3.63, 3.8) is 0 Å². The van der Waals surface area contributed by atoms with E-state index in [9.17, 15) is 0 Å². The fourth-order valence-electron chi connectivity index (χ4n) is 1.82. The van der Waals surface area contributed by atoms with Crippen molar-refractivity contribution >= 4 is 62.8 Å². The molecule has 0 aromatic carbocycles. The van der Waals surface area contributed by atoms with Crippen LogP contribution in [0.15, 0.2) is 0 Å². The SMILES string of the molecule is [B]C1([B])NC([B])([B])C([B])([B])N(CC)C1([B])[B]. The molecule has 0 aromatic heterocycles. The lowest BCUT2D eigenvalue weighted by atomic mass is 9.27.